The Balaban J connectivity index is 1.83. The minimum Gasteiger partial charge on any atom is -0.363 e. The third-order valence-corrected chi connectivity index (χ3v) is 12.0. The molecular formula is C36H58N6O7S. The number of benzene rings is 1. The van der Waals surface area contributed by atoms with Crippen molar-refractivity contribution in [3.05, 3.63) is 30.3 Å². The topological polar surface area (TPSA) is 188 Å². The molecule has 1 unspecified atom stereocenters. The maximum absolute atomic E-state index is 14.4. The first-order valence-corrected chi connectivity index (χ1v) is 19.0. The van der Waals surface area contributed by atoms with Gasteiger partial charge in [-0.25, -0.2) is 13.2 Å². The van der Waals surface area contributed by atoms with E-state index in [0.717, 1.165) is 19.3 Å². The van der Waals surface area contributed by atoms with Gasteiger partial charge in [-0.05, 0) is 53.6 Å². The van der Waals surface area contributed by atoms with Gasteiger partial charge in [0.15, 0.2) is 0 Å². The highest BCUT2D eigenvalue weighted by atomic mass is 32.2. The number of carbonyl (C=O) groups is 5. The predicted octanol–water partition coefficient (Wildman–Crippen LogP) is 3.04. The van der Waals surface area contributed by atoms with Crippen LogP contribution in [0, 0.1) is 28.6 Å². The summed E-state index contributed by atoms with van der Waals surface area (Å²) in [5.74, 6) is -3.21. The van der Waals surface area contributed by atoms with Crippen molar-refractivity contribution in [3.8, 4) is 0 Å². The Morgan fingerprint density at radius 3 is 2.02 bits per heavy atom. The van der Waals surface area contributed by atoms with Gasteiger partial charge in [0.25, 0.3) is 5.91 Å². The number of rotatable bonds is 14. The van der Waals surface area contributed by atoms with Crippen molar-refractivity contribution < 1.29 is 32.4 Å². The summed E-state index contributed by atoms with van der Waals surface area (Å²) >= 11 is 0. The Kier molecular flexibility index (Phi) is 13.3. The summed E-state index contributed by atoms with van der Waals surface area (Å²) in [5, 5.41) is 8.50. The minimum absolute atomic E-state index is 0.00980. The molecule has 1 aromatic carbocycles. The van der Waals surface area contributed by atoms with Crippen LogP contribution >= 0.6 is 0 Å². The van der Waals surface area contributed by atoms with E-state index in [-0.39, 0.29) is 35.7 Å². The molecule has 1 aromatic rings. The zero-order valence-corrected chi connectivity index (χ0v) is 31.9. The van der Waals surface area contributed by atoms with Gasteiger partial charge >= 0.3 is 6.03 Å². The Morgan fingerprint density at radius 1 is 0.940 bits per heavy atom. The molecule has 1 saturated carbocycles. The average Bonchev–Trinajstić information content (AvgIpc) is 3.46. The lowest BCUT2D eigenvalue weighted by Gasteiger charge is -2.39. The van der Waals surface area contributed by atoms with Gasteiger partial charge in [0.2, 0.25) is 27.6 Å². The molecule has 2 fully saturated rings. The van der Waals surface area contributed by atoms with Crippen LogP contribution in [-0.4, -0.2) is 91.5 Å². The number of hydrogen-bond donors (Lipinski definition) is 4. The maximum Gasteiger partial charge on any atom is 0.315 e. The zero-order valence-electron chi connectivity index (χ0n) is 31.1. The number of likely N-dealkylation sites (tertiary alicyclic amines) is 1. The van der Waals surface area contributed by atoms with Crippen LogP contribution in [0.15, 0.2) is 35.2 Å². The molecule has 0 bridgehead atoms. The number of nitrogens with two attached hydrogens (primary N) is 1. The molecule has 5 amide bonds. The highest BCUT2D eigenvalue weighted by molar-refractivity contribution is 7.89. The molecule has 3 rings (SSSR count). The Hall–Kier alpha value is -3.52. The number of likely N-dealkylation sites (N-methyl/N-ethyl adjacent to an activating group) is 1. The van der Waals surface area contributed by atoms with Crippen molar-refractivity contribution >= 4 is 39.6 Å². The minimum atomic E-state index is -3.81. The number of nitrogens with one attached hydrogen (secondary N) is 3. The average molecular weight is 719 g/mol. The van der Waals surface area contributed by atoms with Crippen molar-refractivity contribution in [2.45, 2.75) is 117 Å². The molecule has 13 nitrogen and oxygen atoms in total. The number of ketones is 1. The van der Waals surface area contributed by atoms with E-state index in [2.05, 4.69) is 16.0 Å². The Labute approximate surface area is 297 Å². The number of hydrogen-bond acceptors (Lipinski definition) is 7. The summed E-state index contributed by atoms with van der Waals surface area (Å²) < 4.78 is 27.6. The first-order chi connectivity index (χ1) is 23.0. The summed E-state index contributed by atoms with van der Waals surface area (Å²) in [4.78, 5) is 68.4. The second-order valence-corrected chi connectivity index (χ2v) is 18.5. The summed E-state index contributed by atoms with van der Waals surface area (Å²) in [5.41, 5.74) is 4.17. The number of Topliss-reactive ketones (excluding diaryl/α,β-unsaturated/α-hetero) is 1. The van der Waals surface area contributed by atoms with E-state index in [0.29, 0.717) is 12.8 Å². The van der Waals surface area contributed by atoms with Crippen molar-refractivity contribution in [2.75, 3.05) is 20.1 Å². The summed E-state index contributed by atoms with van der Waals surface area (Å²) in [6, 6.07) is 3.69. The number of primary amides is 1. The van der Waals surface area contributed by atoms with Gasteiger partial charge in [-0.3, -0.25) is 19.2 Å². The van der Waals surface area contributed by atoms with Gasteiger partial charge in [-0.15, -0.1) is 0 Å². The summed E-state index contributed by atoms with van der Waals surface area (Å²) in [6.07, 6.45) is 3.64. The van der Waals surface area contributed by atoms with Crippen LogP contribution in [0.3, 0.4) is 0 Å². The lowest BCUT2D eigenvalue weighted by atomic mass is 9.75. The lowest BCUT2D eigenvalue weighted by Crippen LogP contribution is -2.62. The van der Waals surface area contributed by atoms with Gasteiger partial charge in [-0.2, -0.15) is 4.31 Å². The molecule has 280 valence electrons. The standard InChI is InChI=1S/C36H58N6O7S/c1-22(2)27(21-41(9)50(48,49)24-16-11-10-12-17-24)39-34(47)40-30(36(6,7)8)33(46)42-19-18-25(35(3,4)5)28(42)32(45)38-26(29(43)31(37)44)20-23-14-13-15-23/h10-12,16-17,22-23,25-28,30H,13-15,18-21H2,1-9H3,(H2,37,44)(H,38,45)(H2,39,40,47)/t25-,26?,27+,28-,30+/m0/s1. The molecule has 1 aliphatic carbocycles. The predicted molar refractivity (Wildman–Crippen MR) is 191 cm³/mol. The van der Waals surface area contributed by atoms with Crippen LogP contribution in [0.1, 0.15) is 87.5 Å². The van der Waals surface area contributed by atoms with Crippen LogP contribution in [0.5, 0.6) is 0 Å². The molecule has 14 heteroatoms. The normalized spacial score (nSPS) is 20.5. The number of carbonyl (C=O) groups excluding carboxylic acids is 5. The van der Waals surface area contributed by atoms with Gasteiger partial charge in [0.1, 0.15) is 12.1 Å². The number of amides is 5. The smallest absolute Gasteiger partial charge is 0.315 e. The van der Waals surface area contributed by atoms with E-state index >= 15 is 0 Å². The fourth-order valence-corrected chi connectivity index (χ4v) is 7.94. The molecule has 0 aromatic heterocycles. The van der Waals surface area contributed by atoms with Crippen molar-refractivity contribution in [1.29, 1.82) is 0 Å². The van der Waals surface area contributed by atoms with Gasteiger partial charge in [0, 0.05) is 26.2 Å². The molecule has 1 saturated heterocycles. The van der Waals surface area contributed by atoms with Crippen LogP contribution in [-0.2, 0) is 29.2 Å². The molecule has 5 atom stereocenters. The first kappa shape index (κ1) is 40.9. The molecule has 5 N–H and O–H groups in total. The highest BCUT2D eigenvalue weighted by Gasteiger charge is 2.50. The molecule has 0 spiro atoms. The largest absolute Gasteiger partial charge is 0.363 e. The van der Waals surface area contributed by atoms with E-state index in [9.17, 15) is 32.4 Å². The number of urea groups is 1. The Morgan fingerprint density at radius 2 is 1.54 bits per heavy atom. The van der Waals surface area contributed by atoms with E-state index in [4.69, 9.17) is 5.73 Å². The molecule has 1 aliphatic heterocycles. The molecule has 2 aliphatic rings. The van der Waals surface area contributed by atoms with Crippen molar-refractivity contribution in [3.63, 3.8) is 0 Å². The number of sulfonamides is 1. The van der Waals surface area contributed by atoms with Crippen molar-refractivity contribution in [1.82, 2.24) is 25.2 Å². The van der Waals surface area contributed by atoms with Crippen LogP contribution < -0.4 is 21.7 Å². The molecule has 50 heavy (non-hydrogen) atoms. The van der Waals surface area contributed by atoms with Crippen molar-refractivity contribution in [2.24, 2.45) is 34.3 Å². The Bertz CT molecular complexity index is 1500. The quantitative estimate of drug-likeness (QED) is 0.213. The second-order valence-electron chi connectivity index (χ2n) is 16.4. The van der Waals surface area contributed by atoms with Gasteiger partial charge in [-0.1, -0.05) is 92.9 Å². The summed E-state index contributed by atoms with van der Waals surface area (Å²) in [7, 11) is -2.36. The van der Waals surface area contributed by atoms with Gasteiger partial charge in [0.05, 0.1) is 10.9 Å². The third-order valence-electron chi connectivity index (χ3n) is 10.1. The number of nitrogens with zero attached hydrogens (tertiary/aromatic N) is 2. The van der Waals surface area contributed by atoms with E-state index in [1.165, 1.54) is 28.4 Å². The van der Waals surface area contributed by atoms with E-state index in [1.807, 2.05) is 55.4 Å². The fraction of sp³-hybridized carbons (Fsp3) is 0.694. The van der Waals surface area contributed by atoms with Crippen LogP contribution in [0.2, 0.25) is 0 Å². The fourth-order valence-electron chi connectivity index (χ4n) is 6.72. The molecule has 0 radical (unpaired) electrons. The van der Waals surface area contributed by atoms with Crippen LogP contribution in [0.4, 0.5) is 4.79 Å². The lowest BCUT2D eigenvalue weighted by molar-refractivity contribution is -0.145. The zero-order chi connectivity index (χ0) is 37.8. The maximum atomic E-state index is 14.4. The summed E-state index contributed by atoms with van der Waals surface area (Å²) in [6.45, 7) is 15.4. The second kappa shape index (κ2) is 16.2. The van der Waals surface area contributed by atoms with E-state index in [1.54, 1.807) is 18.2 Å². The third kappa shape index (κ3) is 10.0. The van der Waals surface area contributed by atoms with Gasteiger partial charge < -0.3 is 26.6 Å². The molecular weight excluding hydrogens is 660 g/mol. The first-order valence-electron chi connectivity index (χ1n) is 17.6. The SMILES string of the molecule is CC(C)[C@@H](CN(C)S(=O)(=O)c1ccccc1)NC(=O)N[C@H](C(=O)N1CC[C@H](C(C)(C)C)[C@H]1C(=O)NC(CC1CCC1)C(=O)C(N)=O)C(C)(C)C. The molecule has 1 heterocycles. The highest BCUT2D eigenvalue weighted by Crippen LogP contribution is 2.40. The monoisotopic (exact) mass is 718 g/mol. The van der Waals surface area contributed by atoms with Crippen LogP contribution in [0.25, 0.3) is 0 Å². The van der Waals surface area contributed by atoms with E-state index < -0.39 is 74.6 Å².